The van der Waals surface area contributed by atoms with Crippen LogP contribution in [-0.4, -0.2) is 38.2 Å². The molecule has 0 bridgehead atoms. The first kappa shape index (κ1) is 19.3. The maximum absolute atomic E-state index is 11.8. The molecule has 3 rings (SSSR count). The number of amides is 1. The van der Waals surface area contributed by atoms with Gasteiger partial charge in [-0.2, -0.15) is 0 Å². The van der Waals surface area contributed by atoms with Crippen LogP contribution in [0.15, 0.2) is 35.7 Å². The van der Waals surface area contributed by atoms with E-state index >= 15 is 0 Å². The molecule has 142 valence electrons. The van der Waals surface area contributed by atoms with Gasteiger partial charge in [0.05, 0.1) is 5.02 Å². The quantitative estimate of drug-likeness (QED) is 0.564. The van der Waals surface area contributed by atoms with Crippen molar-refractivity contribution in [2.24, 2.45) is 0 Å². The molecule has 0 aliphatic carbocycles. The van der Waals surface area contributed by atoms with Crippen LogP contribution in [0.5, 0.6) is 11.5 Å². The van der Waals surface area contributed by atoms with Crippen molar-refractivity contribution in [3.63, 3.8) is 0 Å². The SMILES string of the molecule is O=C(COC(=O)/C=C/c1cc(Cl)c2c(c1)OCCO2)NCCc1cccs1. The van der Waals surface area contributed by atoms with Crippen LogP contribution in [0.2, 0.25) is 5.02 Å². The second-order valence-corrected chi connectivity index (χ2v) is 7.09. The highest BCUT2D eigenvalue weighted by Gasteiger charge is 2.16. The van der Waals surface area contributed by atoms with Gasteiger partial charge in [0.25, 0.3) is 5.91 Å². The van der Waals surface area contributed by atoms with Crippen LogP contribution in [0.25, 0.3) is 6.08 Å². The summed E-state index contributed by atoms with van der Waals surface area (Å²) >= 11 is 7.78. The van der Waals surface area contributed by atoms with E-state index in [-0.39, 0.29) is 12.5 Å². The van der Waals surface area contributed by atoms with E-state index < -0.39 is 5.97 Å². The molecule has 1 amide bonds. The molecular formula is C19H18ClNO5S. The highest BCUT2D eigenvalue weighted by atomic mass is 35.5. The van der Waals surface area contributed by atoms with Gasteiger partial charge in [0.1, 0.15) is 13.2 Å². The molecule has 0 unspecified atom stereocenters. The van der Waals surface area contributed by atoms with Crippen molar-refractivity contribution >= 4 is 40.9 Å². The number of hydrogen-bond donors (Lipinski definition) is 1. The molecule has 0 fully saturated rings. The number of benzene rings is 1. The van der Waals surface area contributed by atoms with Crippen LogP contribution < -0.4 is 14.8 Å². The van der Waals surface area contributed by atoms with Crippen molar-refractivity contribution in [2.75, 3.05) is 26.4 Å². The Labute approximate surface area is 165 Å². The van der Waals surface area contributed by atoms with Crippen molar-refractivity contribution < 1.29 is 23.8 Å². The minimum Gasteiger partial charge on any atom is -0.486 e. The largest absolute Gasteiger partial charge is 0.486 e. The second kappa shape index (κ2) is 9.43. The summed E-state index contributed by atoms with van der Waals surface area (Å²) in [4.78, 5) is 24.7. The van der Waals surface area contributed by atoms with Crippen LogP contribution in [-0.2, 0) is 20.7 Å². The fourth-order valence-electron chi connectivity index (χ4n) is 2.41. The first-order valence-corrected chi connectivity index (χ1v) is 9.60. The molecule has 1 aliphatic heterocycles. The normalized spacial score (nSPS) is 12.8. The van der Waals surface area contributed by atoms with E-state index in [1.165, 1.54) is 11.0 Å². The van der Waals surface area contributed by atoms with Gasteiger partial charge < -0.3 is 19.5 Å². The summed E-state index contributed by atoms with van der Waals surface area (Å²) in [7, 11) is 0. The van der Waals surface area contributed by atoms with Crippen LogP contribution >= 0.6 is 22.9 Å². The molecule has 1 aromatic carbocycles. The molecule has 8 heteroatoms. The number of halogens is 1. The van der Waals surface area contributed by atoms with Crippen molar-refractivity contribution in [3.8, 4) is 11.5 Å². The van der Waals surface area contributed by atoms with Gasteiger partial charge >= 0.3 is 5.97 Å². The summed E-state index contributed by atoms with van der Waals surface area (Å²) in [5, 5.41) is 5.10. The lowest BCUT2D eigenvalue weighted by Crippen LogP contribution is -2.30. The molecule has 0 atom stereocenters. The number of thiophene rings is 1. The molecule has 2 aromatic rings. The van der Waals surface area contributed by atoms with Crippen molar-refractivity contribution in [1.29, 1.82) is 0 Å². The number of carbonyl (C=O) groups is 2. The Kier molecular flexibility index (Phi) is 6.73. The smallest absolute Gasteiger partial charge is 0.331 e. The van der Waals surface area contributed by atoms with Crippen LogP contribution in [0.3, 0.4) is 0 Å². The van der Waals surface area contributed by atoms with Crippen molar-refractivity contribution in [2.45, 2.75) is 6.42 Å². The lowest BCUT2D eigenvalue weighted by molar-refractivity contribution is -0.143. The highest BCUT2D eigenvalue weighted by Crippen LogP contribution is 2.38. The minimum atomic E-state index is -0.616. The van der Waals surface area contributed by atoms with Gasteiger partial charge in [0, 0.05) is 17.5 Å². The van der Waals surface area contributed by atoms with Gasteiger partial charge in [0.15, 0.2) is 18.1 Å². The molecule has 1 aliphatic rings. The number of nitrogens with one attached hydrogen (secondary N) is 1. The summed E-state index contributed by atoms with van der Waals surface area (Å²) in [6.07, 6.45) is 3.53. The second-order valence-electron chi connectivity index (χ2n) is 5.65. The average molecular weight is 408 g/mol. The lowest BCUT2D eigenvalue weighted by atomic mass is 10.2. The molecule has 27 heavy (non-hydrogen) atoms. The third-order valence-electron chi connectivity index (χ3n) is 3.65. The van der Waals surface area contributed by atoms with Gasteiger partial charge in [-0.25, -0.2) is 4.79 Å². The third kappa shape index (κ3) is 5.74. The minimum absolute atomic E-state index is 0.324. The van der Waals surface area contributed by atoms with E-state index in [1.54, 1.807) is 29.5 Å². The fourth-order valence-corrected chi connectivity index (χ4v) is 3.39. The first-order chi connectivity index (χ1) is 13.1. The number of rotatable bonds is 7. The zero-order chi connectivity index (χ0) is 19.1. The van der Waals surface area contributed by atoms with E-state index in [9.17, 15) is 9.59 Å². The Bertz CT molecular complexity index is 835. The van der Waals surface area contributed by atoms with Crippen molar-refractivity contribution in [1.82, 2.24) is 5.32 Å². The number of carbonyl (C=O) groups excluding carboxylic acids is 2. The van der Waals surface area contributed by atoms with Crippen molar-refractivity contribution in [3.05, 3.63) is 51.2 Å². The topological polar surface area (TPSA) is 73.9 Å². The van der Waals surface area contributed by atoms with Gasteiger partial charge in [-0.1, -0.05) is 17.7 Å². The number of fused-ring (bicyclic) bond motifs is 1. The standard InChI is InChI=1S/C19H18ClNO5S/c20-15-10-13(11-16-19(15)25-8-7-24-16)3-4-18(23)26-12-17(22)21-6-5-14-2-1-9-27-14/h1-4,9-11H,5-8,12H2,(H,21,22)/b4-3+. The third-order valence-corrected chi connectivity index (χ3v) is 4.87. The van der Waals surface area contributed by atoms with Crippen LogP contribution in [0, 0.1) is 0 Å². The summed E-state index contributed by atoms with van der Waals surface area (Å²) < 4.78 is 15.9. The zero-order valence-corrected chi connectivity index (χ0v) is 16.0. The van der Waals surface area contributed by atoms with Crippen LogP contribution in [0.4, 0.5) is 0 Å². The number of ether oxygens (including phenoxy) is 3. The Morgan fingerprint density at radius 3 is 2.96 bits per heavy atom. The average Bonchev–Trinajstić information content (AvgIpc) is 3.18. The van der Waals surface area contributed by atoms with Gasteiger partial charge in [0.2, 0.25) is 0 Å². The Morgan fingerprint density at radius 1 is 1.30 bits per heavy atom. The summed E-state index contributed by atoms with van der Waals surface area (Å²) in [6.45, 7) is 1.07. The summed E-state index contributed by atoms with van der Waals surface area (Å²) in [5.74, 6) is 0.0823. The highest BCUT2D eigenvalue weighted by molar-refractivity contribution is 7.09. The van der Waals surface area contributed by atoms with E-state index in [1.807, 2.05) is 17.5 Å². The molecule has 1 N–H and O–H groups in total. The van der Waals surface area contributed by atoms with Gasteiger partial charge in [-0.15, -0.1) is 11.3 Å². The lowest BCUT2D eigenvalue weighted by Gasteiger charge is -2.19. The predicted octanol–water partition coefficient (Wildman–Crippen LogP) is 3.09. The van der Waals surface area contributed by atoms with Gasteiger partial charge in [-0.3, -0.25) is 4.79 Å². The number of hydrogen-bond acceptors (Lipinski definition) is 6. The van der Waals surface area contributed by atoms with Gasteiger partial charge in [-0.05, 0) is 41.6 Å². The van der Waals surface area contributed by atoms with E-state index in [0.717, 1.165) is 6.42 Å². The molecule has 6 nitrogen and oxygen atoms in total. The molecular weight excluding hydrogens is 390 g/mol. The maximum atomic E-state index is 11.8. The fraction of sp³-hybridized carbons (Fsp3) is 0.263. The Balaban J connectivity index is 1.43. The maximum Gasteiger partial charge on any atom is 0.331 e. The summed E-state index contributed by atoms with van der Waals surface area (Å²) in [5.41, 5.74) is 0.668. The Morgan fingerprint density at radius 2 is 2.15 bits per heavy atom. The first-order valence-electron chi connectivity index (χ1n) is 8.35. The van der Waals surface area contributed by atoms with E-state index in [4.69, 9.17) is 25.8 Å². The molecule has 0 radical (unpaired) electrons. The summed E-state index contributed by atoms with van der Waals surface area (Å²) in [6, 6.07) is 7.36. The number of esters is 1. The zero-order valence-electron chi connectivity index (χ0n) is 14.4. The molecule has 0 spiro atoms. The molecule has 0 saturated heterocycles. The molecule has 0 saturated carbocycles. The van der Waals surface area contributed by atoms with E-state index in [2.05, 4.69) is 5.32 Å². The molecule has 1 aromatic heterocycles. The molecule has 2 heterocycles. The monoisotopic (exact) mass is 407 g/mol. The predicted molar refractivity (Wildman–Crippen MR) is 103 cm³/mol. The Hall–Kier alpha value is -2.51. The van der Waals surface area contributed by atoms with Crippen LogP contribution in [0.1, 0.15) is 10.4 Å². The van der Waals surface area contributed by atoms with E-state index in [0.29, 0.717) is 41.8 Å².